The van der Waals surface area contributed by atoms with Gasteiger partial charge in [-0.25, -0.2) is 9.97 Å². The second-order valence-electron chi connectivity index (χ2n) is 7.37. The number of aromatic nitrogens is 2. The molecule has 1 amide bonds. The SMILES string of the molecule is CCc1nc(C)ncc1C(=O)NCC(C(C)C)N1CCC(C)CC1. The Morgan fingerprint density at radius 3 is 2.62 bits per heavy atom. The number of hydrogen-bond donors (Lipinski definition) is 1. The lowest BCUT2D eigenvalue weighted by atomic mass is 9.94. The van der Waals surface area contributed by atoms with Gasteiger partial charge in [-0.15, -0.1) is 0 Å². The highest BCUT2D eigenvalue weighted by atomic mass is 16.1. The maximum atomic E-state index is 12.6. The van der Waals surface area contributed by atoms with Crippen molar-refractivity contribution < 1.29 is 4.79 Å². The van der Waals surface area contributed by atoms with Crippen molar-refractivity contribution >= 4 is 5.91 Å². The number of likely N-dealkylation sites (tertiary alicyclic amines) is 1. The van der Waals surface area contributed by atoms with Crippen molar-refractivity contribution in [1.29, 1.82) is 0 Å². The fourth-order valence-electron chi connectivity index (χ4n) is 3.42. The Morgan fingerprint density at radius 1 is 1.38 bits per heavy atom. The van der Waals surface area contributed by atoms with Gasteiger partial charge in [-0.3, -0.25) is 9.69 Å². The minimum Gasteiger partial charge on any atom is -0.350 e. The van der Waals surface area contributed by atoms with Crippen LogP contribution in [0, 0.1) is 18.8 Å². The van der Waals surface area contributed by atoms with Gasteiger partial charge in [0.05, 0.1) is 11.3 Å². The molecule has 0 bridgehead atoms. The molecule has 2 heterocycles. The van der Waals surface area contributed by atoms with Crippen molar-refractivity contribution in [3.8, 4) is 0 Å². The van der Waals surface area contributed by atoms with Gasteiger partial charge < -0.3 is 5.32 Å². The largest absolute Gasteiger partial charge is 0.350 e. The Bertz CT molecular complexity index is 550. The molecule has 5 nitrogen and oxygen atoms in total. The van der Waals surface area contributed by atoms with Crippen LogP contribution in [0.5, 0.6) is 0 Å². The van der Waals surface area contributed by atoms with E-state index in [1.165, 1.54) is 12.8 Å². The van der Waals surface area contributed by atoms with Crippen molar-refractivity contribution in [1.82, 2.24) is 20.2 Å². The number of carbonyl (C=O) groups excluding carboxylic acids is 1. The predicted molar refractivity (Wildman–Crippen MR) is 97.1 cm³/mol. The molecule has 1 aromatic heterocycles. The Hall–Kier alpha value is -1.49. The summed E-state index contributed by atoms with van der Waals surface area (Å²) in [5.74, 6) is 1.99. The van der Waals surface area contributed by atoms with Gasteiger partial charge in [-0.05, 0) is 51.1 Å². The third-order valence-electron chi connectivity index (χ3n) is 5.10. The van der Waals surface area contributed by atoms with E-state index in [1.54, 1.807) is 6.20 Å². The highest BCUT2D eigenvalue weighted by Gasteiger charge is 2.26. The highest BCUT2D eigenvalue weighted by molar-refractivity contribution is 5.94. The number of carbonyl (C=O) groups is 1. The standard InChI is InChI=1S/C19H32N4O/c1-6-17-16(11-20-15(5)22-17)19(24)21-12-18(13(2)3)23-9-7-14(4)8-10-23/h11,13-14,18H,6-10,12H2,1-5H3,(H,21,24). The fraction of sp³-hybridized carbons (Fsp3) is 0.737. The summed E-state index contributed by atoms with van der Waals surface area (Å²) in [5.41, 5.74) is 1.44. The first kappa shape index (κ1) is 18.8. The third-order valence-corrected chi connectivity index (χ3v) is 5.10. The van der Waals surface area contributed by atoms with Crippen LogP contribution in [-0.2, 0) is 6.42 Å². The maximum Gasteiger partial charge on any atom is 0.254 e. The number of amides is 1. The minimum absolute atomic E-state index is 0.0529. The Balaban J connectivity index is 2.00. The highest BCUT2D eigenvalue weighted by Crippen LogP contribution is 2.21. The number of nitrogens with one attached hydrogen (secondary N) is 1. The lowest BCUT2D eigenvalue weighted by Gasteiger charge is -2.38. The van der Waals surface area contributed by atoms with Crippen molar-refractivity contribution in [2.75, 3.05) is 19.6 Å². The van der Waals surface area contributed by atoms with Gasteiger partial charge in [0, 0.05) is 18.8 Å². The molecule has 0 saturated carbocycles. The molecule has 1 N–H and O–H groups in total. The number of nitrogens with zero attached hydrogens (tertiary/aromatic N) is 3. The van der Waals surface area contributed by atoms with Gasteiger partial charge in [-0.1, -0.05) is 27.7 Å². The van der Waals surface area contributed by atoms with E-state index in [0.29, 0.717) is 29.9 Å². The second-order valence-corrected chi connectivity index (χ2v) is 7.37. The van der Waals surface area contributed by atoms with Crippen LogP contribution < -0.4 is 5.32 Å². The zero-order valence-corrected chi connectivity index (χ0v) is 15.8. The first-order valence-corrected chi connectivity index (χ1v) is 9.27. The monoisotopic (exact) mass is 332 g/mol. The predicted octanol–water partition coefficient (Wildman–Crippen LogP) is 2.83. The molecule has 1 fully saturated rings. The first-order valence-electron chi connectivity index (χ1n) is 9.27. The van der Waals surface area contributed by atoms with Crippen LogP contribution in [-0.4, -0.2) is 46.5 Å². The molecule has 0 aromatic carbocycles. The molecule has 134 valence electrons. The molecular formula is C19H32N4O. The van der Waals surface area contributed by atoms with E-state index in [9.17, 15) is 4.79 Å². The van der Waals surface area contributed by atoms with E-state index in [4.69, 9.17) is 0 Å². The van der Waals surface area contributed by atoms with Crippen molar-refractivity contribution in [3.05, 3.63) is 23.3 Å². The third kappa shape index (κ3) is 4.76. The van der Waals surface area contributed by atoms with Gasteiger partial charge in [-0.2, -0.15) is 0 Å². The van der Waals surface area contributed by atoms with Crippen LogP contribution >= 0.6 is 0 Å². The summed E-state index contributed by atoms with van der Waals surface area (Å²) in [4.78, 5) is 23.7. The molecule has 1 atom stereocenters. The fourth-order valence-corrected chi connectivity index (χ4v) is 3.42. The molecule has 1 unspecified atom stereocenters. The van der Waals surface area contributed by atoms with Gasteiger partial charge in [0.15, 0.2) is 0 Å². The summed E-state index contributed by atoms with van der Waals surface area (Å²) >= 11 is 0. The molecule has 24 heavy (non-hydrogen) atoms. The Labute approximate surface area is 146 Å². The second kappa shape index (κ2) is 8.56. The molecule has 5 heteroatoms. The molecular weight excluding hydrogens is 300 g/mol. The molecule has 0 aliphatic carbocycles. The molecule has 1 aliphatic heterocycles. The summed E-state index contributed by atoms with van der Waals surface area (Å²) in [6, 6.07) is 0.387. The smallest absolute Gasteiger partial charge is 0.254 e. The van der Waals surface area contributed by atoms with Crippen molar-refractivity contribution in [3.63, 3.8) is 0 Å². The Kier molecular flexibility index (Phi) is 6.72. The average molecular weight is 332 g/mol. The first-order chi connectivity index (χ1) is 11.4. The summed E-state index contributed by atoms with van der Waals surface area (Å²) in [5, 5.41) is 3.12. The molecule has 2 rings (SSSR count). The minimum atomic E-state index is -0.0529. The van der Waals surface area contributed by atoms with E-state index < -0.39 is 0 Å². The van der Waals surface area contributed by atoms with E-state index in [2.05, 4.69) is 41.0 Å². The van der Waals surface area contributed by atoms with Gasteiger partial charge in [0.1, 0.15) is 5.82 Å². The van der Waals surface area contributed by atoms with Gasteiger partial charge >= 0.3 is 0 Å². The van der Waals surface area contributed by atoms with E-state index in [-0.39, 0.29) is 5.91 Å². The zero-order valence-electron chi connectivity index (χ0n) is 15.8. The molecule has 1 aromatic rings. The van der Waals surface area contributed by atoms with Gasteiger partial charge in [0.25, 0.3) is 5.91 Å². The summed E-state index contributed by atoms with van der Waals surface area (Å²) in [7, 11) is 0. The maximum absolute atomic E-state index is 12.6. The van der Waals surface area contributed by atoms with E-state index in [0.717, 1.165) is 31.1 Å². The van der Waals surface area contributed by atoms with Crippen LogP contribution in [0.3, 0.4) is 0 Å². The van der Waals surface area contributed by atoms with Crippen LogP contribution in [0.1, 0.15) is 62.4 Å². The van der Waals surface area contributed by atoms with Crippen molar-refractivity contribution in [2.24, 2.45) is 11.8 Å². The van der Waals surface area contributed by atoms with E-state index >= 15 is 0 Å². The van der Waals surface area contributed by atoms with Crippen LogP contribution in [0.25, 0.3) is 0 Å². The zero-order chi connectivity index (χ0) is 17.7. The number of rotatable bonds is 6. The lowest BCUT2D eigenvalue weighted by Crippen LogP contribution is -2.49. The van der Waals surface area contributed by atoms with Crippen LogP contribution in [0.4, 0.5) is 0 Å². The summed E-state index contributed by atoms with van der Waals surface area (Å²) in [6.45, 7) is 13.6. The Morgan fingerprint density at radius 2 is 2.04 bits per heavy atom. The summed E-state index contributed by atoms with van der Waals surface area (Å²) < 4.78 is 0. The number of aryl methyl sites for hydroxylation is 2. The molecule has 1 saturated heterocycles. The quantitative estimate of drug-likeness (QED) is 0.870. The summed E-state index contributed by atoms with van der Waals surface area (Å²) in [6.07, 6.45) is 4.90. The average Bonchev–Trinajstić information content (AvgIpc) is 2.56. The molecule has 0 radical (unpaired) electrons. The topological polar surface area (TPSA) is 58.1 Å². The van der Waals surface area contributed by atoms with Crippen LogP contribution in [0.2, 0.25) is 0 Å². The van der Waals surface area contributed by atoms with Crippen LogP contribution in [0.15, 0.2) is 6.20 Å². The number of piperidine rings is 1. The van der Waals surface area contributed by atoms with Gasteiger partial charge in [0.2, 0.25) is 0 Å². The normalized spacial score (nSPS) is 17.9. The molecule has 1 aliphatic rings. The molecule has 0 spiro atoms. The van der Waals surface area contributed by atoms with E-state index in [1.807, 2.05) is 13.8 Å². The lowest BCUT2D eigenvalue weighted by molar-refractivity contribution is 0.0861. The number of hydrogen-bond acceptors (Lipinski definition) is 4. The van der Waals surface area contributed by atoms with Crippen molar-refractivity contribution in [2.45, 2.75) is 59.9 Å².